The highest BCUT2D eigenvalue weighted by atomic mass is 16.3. The molecule has 0 heterocycles. The average molecular weight is 497 g/mol. The molecule has 4 heteroatoms. The zero-order valence-electron chi connectivity index (χ0n) is 21.3. The molecule has 0 aliphatic carbocycles. The van der Waals surface area contributed by atoms with Crippen LogP contribution >= 0.6 is 0 Å². The van der Waals surface area contributed by atoms with E-state index in [1.165, 1.54) is 0 Å². The van der Waals surface area contributed by atoms with Crippen LogP contribution in [0.1, 0.15) is 22.3 Å². The molecule has 0 saturated carbocycles. The maximum absolute atomic E-state index is 10.6. The maximum atomic E-state index is 10.6. The molecule has 0 aliphatic rings. The van der Waals surface area contributed by atoms with E-state index in [9.17, 15) is 10.2 Å². The summed E-state index contributed by atoms with van der Waals surface area (Å²) in [4.78, 5) is 9.13. The highest BCUT2D eigenvalue weighted by Crippen LogP contribution is 2.31. The van der Waals surface area contributed by atoms with Crippen molar-refractivity contribution in [3.8, 4) is 33.8 Å². The van der Waals surface area contributed by atoms with Crippen molar-refractivity contribution < 1.29 is 10.2 Å². The molecular weight excluding hydrogens is 468 g/mol. The molecular formula is C34H28N2O2. The molecule has 0 unspecified atom stereocenters. The lowest BCUT2D eigenvalue weighted by atomic mass is 9.99. The minimum Gasteiger partial charge on any atom is -0.507 e. The highest BCUT2D eigenvalue weighted by Gasteiger charge is 2.08. The fraction of sp³-hybridized carbons (Fsp3) is 0.0588. The predicted octanol–water partition coefficient (Wildman–Crippen LogP) is 8.55. The van der Waals surface area contributed by atoms with Crippen molar-refractivity contribution in [2.24, 2.45) is 9.98 Å². The van der Waals surface area contributed by atoms with Crippen LogP contribution in [0, 0.1) is 13.8 Å². The number of aliphatic imine (C=N–C) groups is 2. The number of hydrogen-bond acceptors (Lipinski definition) is 4. The standard InChI is InChI=1S/C34H28N2O2/c1-23-17-27(25-9-5-3-6-10-25)19-29(33(23)37)21-35-31-13-15-32(16-14-31)36-22-30-20-28(18-24(2)34(30)38)26-11-7-4-8-12-26/h3-22,37-38H,1-2H3. The van der Waals surface area contributed by atoms with Crippen LogP contribution in [0.15, 0.2) is 119 Å². The molecule has 2 N–H and O–H groups in total. The second kappa shape index (κ2) is 11.0. The van der Waals surface area contributed by atoms with Gasteiger partial charge >= 0.3 is 0 Å². The van der Waals surface area contributed by atoms with Crippen LogP contribution in [-0.2, 0) is 0 Å². The lowest BCUT2D eigenvalue weighted by Crippen LogP contribution is -1.89. The molecule has 5 aromatic rings. The maximum Gasteiger partial charge on any atom is 0.127 e. The molecule has 0 bridgehead atoms. The topological polar surface area (TPSA) is 65.2 Å². The fourth-order valence-corrected chi connectivity index (χ4v) is 4.32. The second-order valence-electron chi connectivity index (χ2n) is 9.23. The van der Waals surface area contributed by atoms with Crippen LogP contribution in [0.5, 0.6) is 11.5 Å². The van der Waals surface area contributed by atoms with E-state index in [2.05, 4.69) is 9.98 Å². The third-order valence-electron chi connectivity index (χ3n) is 6.43. The summed E-state index contributed by atoms with van der Waals surface area (Å²) >= 11 is 0. The van der Waals surface area contributed by atoms with Gasteiger partial charge in [0.25, 0.3) is 0 Å². The number of nitrogens with zero attached hydrogens (tertiary/aromatic N) is 2. The molecule has 0 amide bonds. The molecule has 0 saturated heterocycles. The van der Waals surface area contributed by atoms with E-state index in [-0.39, 0.29) is 11.5 Å². The lowest BCUT2D eigenvalue weighted by Gasteiger charge is -2.08. The first kappa shape index (κ1) is 24.7. The molecule has 4 nitrogen and oxygen atoms in total. The first-order valence-electron chi connectivity index (χ1n) is 12.4. The predicted molar refractivity (Wildman–Crippen MR) is 158 cm³/mol. The Kier molecular flexibility index (Phi) is 7.14. The van der Waals surface area contributed by atoms with Gasteiger partial charge in [-0.1, -0.05) is 60.7 Å². The minimum absolute atomic E-state index is 0.225. The normalized spacial score (nSPS) is 11.4. The van der Waals surface area contributed by atoms with Gasteiger partial charge in [-0.25, -0.2) is 0 Å². The van der Waals surface area contributed by atoms with E-state index in [0.717, 1.165) is 44.8 Å². The summed E-state index contributed by atoms with van der Waals surface area (Å²) in [5, 5.41) is 21.1. The first-order chi connectivity index (χ1) is 18.5. The van der Waals surface area contributed by atoms with Crippen molar-refractivity contribution in [1.29, 1.82) is 0 Å². The molecule has 186 valence electrons. The highest BCUT2D eigenvalue weighted by molar-refractivity contribution is 5.90. The lowest BCUT2D eigenvalue weighted by molar-refractivity contribution is 0.470. The van der Waals surface area contributed by atoms with Gasteiger partial charge < -0.3 is 10.2 Å². The largest absolute Gasteiger partial charge is 0.507 e. The Morgan fingerprint density at radius 1 is 0.474 bits per heavy atom. The van der Waals surface area contributed by atoms with Crippen molar-refractivity contribution in [2.45, 2.75) is 13.8 Å². The van der Waals surface area contributed by atoms with Gasteiger partial charge in [0, 0.05) is 23.6 Å². The third kappa shape index (κ3) is 5.55. The molecule has 0 aliphatic heterocycles. The number of aromatic hydroxyl groups is 2. The van der Waals surface area contributed by atoms with E-state index < -0.39 is 0 Å². The molecule has 0 fully saturated rings. The van der Waals surface area contributed by atoms with Gasteiger partial charge in [0.15, 0.2) is 0 Å². The van der Waals surface area contributed by atoms with Crippen LogP contribution in [0.25, 0.3) is 22.3 Å². The number of phenolic OH excluding ortho intramolecular Hbond substituents is 2. The summed E-state index contributed by atoms with van der Waals surface area (Å²) in [5.41, 5.74) is 8.64. The van der Waals surface area contributed by atoms with Gasteiger partial charge in [0.05, 0.1) is 11.4 Å². The molecule has 5 rings (SSSR count). The van der Waals surface area contributed by atoms with Crippen molar-refractivity contribution in [1.82, 2.24) is 0 Å². The Morgan fingerprint density at radius 3 is 1.21 bits per heavy atom. The Bertz CT molecular complexity index is 1500. The van der Waals surface area contributed by atoms with Gasteiger partial charge in [0.1, 0.15) is 11.5 Å². The molecule has 0 spiro atoms. The summed E-state index contributed by atoms with van der Waals surface area (Å²) in [5.74, 6) is 0.449. The number of benzene rings is 5. The van der Waals surface area contributed by atoms with Crippen molar-refractivity contribution >= 4 is 23.8 Å². The Morgan fingerprint density at radius 2 is 0.842 bits per heavy atom. The molecule has 38 heavy (non-hydrogen) atoms. The van der Waals surface area contributed by atoms with Crippen LogP contribution in [0.3, 0.4) is 0 Å². The monoisotopic (exact) mass is 496 g/mol. The Balaban J connectivity index is 1.35. The van der Waals surface area contributed by atoms with Gasteiger partial charge in [-0.15, -0.1) is 0 Å². The van der Waals surface area contributed by atoms with E-state index >= 15 is 0 Å². The Labute approximate surface area is 222 Å². The van der Waals surface area contributed by atoms with E-state index in [1.54, 1.807) is 12.4 Å². The van der Waals surface area contributed by atoms with Crippen LogP contribution in [-0.4, -0.2) is 22.6 Å². The molecule has 0 atom stereocenters. The van der Waals surface area contributed by atoms with Gasteiger partial charge in [-0.2, -0.15) is 0 Å². The molecule has 0 radical (unpaired) electrons. The van der Waals surface area contributed by atoms with Gasteiger partial charge in [-0.3, -0.25) is 9.98 Å². The van der Waals surface area contributed by atoms with Crippen LogP contribution in [0.4, 0.5) is 11.4 Å². The van der Waals surface area contributed by atoms with E-state index in [0.29, 0.717) is 11.1 Å². The molecule has 0 aromatic heterocycles. The van der Waals surface area contributed by atoms with Crippen LogP contribution < -0.4 is 0 Å². The zero-order chi connectivity index (χ0) is 26.5. The summed E-state index contributed by atoms with van der Waals surface area (Å²) in [7, 11) is 0. The quantitative estimate of drug-likeness (QED) is 0.231. The third-order valence-corrected chi connectivity index (χ3v) is 6.43. The van der Waals surface area contributed by atoms with Crippen molar-refractivity contribution in [3.63, 3.8) is 0 Å². The summed E-state index contributed by atoms with van der Waals surface area (Å²) < 4.78 is 0. The van der Waals surface area contributed by atoms with Crippen molar-refractivity contribution in [2.75, 3.05) is 0 Å². The van der Waals surface area contributed by atoms with Gasteiger partial charge in [0.2, 0.25) is 0 Å². The molecule has 5 aromatic carbocycles. The first-order valence-corrected chi connectivity index (χ1v) is 12.4. The smallest absolute Gasteiger partial charge is 0.127 e. The summed E-state index contributed by atoms with van der Waals surface area (Å²) in [6.07, 6.45) is 3.37. The SMILES string of the molecule is Cc1cc(-c2ccccc2)cc(C=Nc2ccc(N=Cc3cc(-c4ccccc4)cc(C)c3O)cc2)c1O. The van der Waals surface area contributed by atoms with E-state index in [4.69, 9.17) is 0 Å². The second-order valence-corrected chi connectivity index (χ2v) is 9.23. The zero-order valence-corrected chi connectivity index (χ0v) is 21.3. The van der Waals surface area contributed by atoms with Crippen molar-refractivity contribution in [3.05, 3.63) is 131 Å². The summed E-state index contributed by atoms with van der Waals surface area (Å²) in [6, 6.07) is 35.5. The Hall–Kier alpha value is -4.96. The van der Waals surface area contributed by atoms with Gasteiger partial charge in [-0.05, 0) is 95.8 Å². The number of rotatable bonds is 6. The minimum atomic E-state index is 0.225. The van der Waals surface area contributed by atoms with E-state index in [1.807, 2.05) is 123 Å². The van der Waals surface area contributed by atoms with Crippen LogP contribution in [0.2, 0.25) is 0 Å². The number of hydrogen-bond donors (Lipinski definition) is 2. The number of aryl methyl sites for hydroxylation is 2. The number of phenols is 2. The average Bonchev–Trinajstić information content (AvgIpc) is 2.96. The fourth-order valence-electron chi connectivity index (χ4n) is 4.32. The summed E-state index contributed by atoms with van der Waals surface area (Å²) in [6.45, 7) is 3.78.